The van der Waals surface area contributed by atoms with Crippen LogP contribution in [0.4, 0.5) is 0 Å². The van der Waals surface area contributed by atoms with E-state index in [0.29, 0.717) is 18.6 Å². The van der Waals surface area contributed by atoms with Crippen LogP contribution in [0.25, 0.3) is 0 Å². The van der Waals surface area contributed by atoms with Crippen LogP contribution in [-0.2, 0) is 0 Å². The molecule has 1 aliphatic rings. The highest BCUT2D eigenvalue weighted by molar-refractivity contribution is 5.12. The average Bonchev–Trinajstić information content (AvgIpc) is 3.01. The van der Waals surface area contributed by atoms with E-state index in [-0.39, 0.29) is 0 Å². The Hall–Kier alpha value is -0.870. The van der Waals surface area contributed by atoms with E-state index in [1.54, 1.807) is 0 Å². The molecule has 2 unspecified atom stereocenters. The minimum atomic E-state index is 0.342. The van der Waals surface area contributed by atoms with Gasteiger partial charge >= 0.3 is 0 Å². The Balaban J connectivity index is 2.03. The monoisotopic (exact) mass is 264 g/mol. The first-order valence-corrected chi connectivity index (χ1v) is 7.63. The molecule has 1 fully saturated rings. The van der Waals surface area contributed by atoms with Gasteiger partial charge in [0.15, 0.2) is 0 Å². The summed E-state index contributed by atoms with van der Waals surface area (Å²) in [6.07, 6.45) is 8.11. The van der Waals surface area contributed by atoms with Crippen LogP contribution in [0.3, 0.4) is 0 Å². The molecular weight excluding hydrogens is 236 g/mol. The maximum Gasteiger partial charge on any atom is 0.0538 e. The average molecular weight is 264 g/mol. The summed E-state index contributed by atoms with van der Waals surface area (Å²) >= 11 is 0. The second kappa shape index (κ2) is 6.53. The topological polar surface area (TPSA) is 47.1 Å². The number of aromatic nitrogens is 2. The Kier molecular flexibility index (Phi) is 4.99. The molecule has 0 spiro atoms. The van der Waals surface area contributed by atoms with Crippen molar-refractivity contribution in [3.05, 3.63) is 18.0 Å². The number of hydrogen-bond acceptors (Lipinski definition) is 3. The molecule has 4 nitrogen and oxygen atoms in total. The van der Waals surface area contributed by atoms with Gasteiger partial charge in [0.25, 0.3) is 0 Å². The van der Waals surface area contributed by atoms with Crippen LogP contribution in [0.5, 0.6) is 0 Å². The number of rotatable bonds is 6. The molecule has 2 N–H and O–H groups in total. The third-order valence-corrected chi connectivity index (χ3v) is 4.21. The fraction of sp³-hybridized carbons (Fsp3) is 0.800. The van der Waals surface area contributed by atoms with E-state index in [9.17, 15) is 0 Å². The lowest BCUT2D eigenvalue weighted by molar-refractivity contribution is 0.239. The van der Waals surface area contributed by atoms with Gasteiger partial charge in [0, 0.05) is 30.9 Å². The molecule has 0 radical (unpaired) electrons. The van der Waals surface area contributed by atoms with Crippen molar-refractivity contribution in [3.8, 4) is 0 Å². The molecule has 19 heavy (non-hydrogen) atoms. The summed E-state index contributed by atoms with van der Waals surface area (Å²) in [5.41, 5.74) is 7.28. The third kappa shape index (κ3) is 3.37. The Morgan fingerprint density at radius 1 is 1.47 bits per heavy atom. The minimum absolute atomic E-state index is 0.342. The molecule has 0 aromatic carbocycles. The predicted octanol–water partition coefficient (Wildman–Crippen LogP) is 2.59. The van der Waals surface area contributed by atoms with Crippen molar-refractivity contribution in [3.63, 3.8) is 0 Å². The van der Waals surface area contributed by atoms with Crippen LogP contribution < -0.4 is 5.73 Å². The van der Waals surface area contributed by atoms with Crippen molar-refractivity contribution >= 4 is 0 Å². The van der Waals surface area contributed by atoms with Crippen molar-refractivity contribution in [2.24, 2.45) is 11.7 Å². The van der Waals surface area contributed by atoms with Crippen LogP contribution in [0.2, 0.25) is 0 Å². The summed E-state index contributed by atoms with van der Waals surface area (Å²) in [5, 5.41) is 4.45. The zero-order valence-electron chi connectivity index (χ0n) is 12.5. The number of likely N-dealkylation sites (tertiary alicyclic amines) is 1. The highest BCUT2D eigenvalue weighted by Crippen LogP contribution is 2.29. The molecule has 0 bridgehead atoms. The molecule has 108 valence electrons. The van der Waals surface area contributed by atoms with E-state index in [4.69, 9.17) is 5.73 Å². The van der Waals surface area contributed by atoms with Crippen LogP contribution in [0, 0.1) is 5.92 Å². The second-order valence-electron chi connectivity index (χ2n) is 6.04. The van der Waals surface area contributed by atoms with Crippen molar-refractivity contribution in [1.29, 1.82) is 0 Å². The molecule has 2 heterocycles. The van der Waals surface area contributed by atoms with E-state index in [1.807, 2.05) is 10.9 Å². The normalized spacial score (nSPS) is 22.3. The molecule has 1 aromatic rings. The first kappa shape index (κ1) is 14.5. The van der Waals surface area contributed by atoms with E-state index in [0.717, 1.165) is 5.92 Å². The van der Waals surface area contributed by atoms with Gasteiger partial charge < -0.3 is 5.73 Å². The first-order valence-electron chi connectivity index (χ1n) is 7.63. The zero-order valence-corrected chi connectivity index (χ0v) is 12.5. The quantitative estimate of drug-likeness (QED) is 0.859. The largest absolute Gasteiger partial charge is 0.329 e. The van der Waals surface area contributed by atoms with Crippen molar-refractivity contribution in [2.45, 2.75) is 52.1 Å². The molecular formula is C15H28N4. The Bertz CT molecular complexity index is 385. The molecule has 0 amide bonds. The van der Waals surface area contributed by atoms with Gasteiger partial charge in [0.2, 0.25) is 0 Å². The summed E-state index contributed by atoms with van der Waals surface area (Å²) in [6, 6.07) is 0.757. The van der Waals surface area contributed by atoms with Crippen LogP contribution in [0.1, 0.15) is 57.7 Å². The second-order valence-corrected chi connectivity index (χ2v) is 6.04. The summed E-state index contributed by atoms with van der Waals surface area (Å²) in [6.45, 7) is 9.64. The Morgan fingerprint density at radius 2 is 2.26 bits per heavy atom. The summed E-state index contributed by atoms with van der Waals surface area (Å²) < 4.78 is 2.03. The van der Waals surface area contributed by atoms with Gasteiger partial charge in [-0.05, 0) is 39.2 Å². The van der Waals surface area contributed by atoms with E-state index in [2.05, 4.69) is 37.0 Å². The maximum absolute atomic E-state index is 6.01. The first-order chi connectivity index (χ1) is 9.15. The van der Waals surface area contributed by atoms with E-state index in [1.165, 1.54) is 37.9 Å². The minimum Gasteiger partial charge on any atom is -0.329 e. The molecule has 1 saturated heterocycles. The van der Waals surface area contributed by atoms with Crippen LogP contribution >= 0.6 is 0 Å². The number of nitrogens with zero attached hydrogens (tertiary/aromatic N) is 3. The van der Waals surface area contributed by atoms with E-state index >= 15 is 0 Å². The van der Waals surface area contributed by atoms with Crippen LogP contribution in [0.15, 0.2) is 12.4 Å². The van der Waals surface area contributed by atoms with Gasteiger partial charge in [-0.3, -0.25) is 9.58 Å². The molecule has 1 aromatic heterocycles. The molecule has 0 aliphatic carbocycles. The molecule has 1 aliphatic heterocycles. The highest BCUT2D eigenvalue weighted by Gasteiger charge is 2.28. The maximum atomic E-state index is 6.01. The van der Waals surface area contributed by atoms with Gasteiger partial charge in [-0.2, -0.15) is 5.10 Å². The van der Waals surface area contributed by atoms with Crippen molar-refractivity contribution in [1.82, 2.24) is 14.7 Å². The number of hydrogen-bond donors (Lipinski definition) is 1. The number of nitrogens with two attached hydrogens (primary N) is 1. The molecule has 0 saturated carbocycles. The van der Waals surface area contributed by atoms with Crippen molar-refractivity contribution < 1.29 is 0 Å². The summed E-state index contributed by atoms with van der Waals surface area (Å²) in [7, 11) is 0. The Labute approximate surface area is 117 Å². The lowest BCUT2D eigenvalue weighted by Gasteiger charge is -2.25. The fourth-order valence-corrected chi connectivity index (χ4v) is 3.09. The van der Waals surface area contributed by atoms with Gasteiger partial charge in [0.1, 0.15) is 0 Å². The molecule has 4 heteroatoms. The lowest BCUT2D eigenvalue weighted by atomic mass is 10.0. The standard InChI is InChI=1S/C15H28N4/c1-4-5-13-6-7-18(10-13)15(8-16)14-9-17-19(11-14)12(2)3/h9,11-13,15H,4-8,10,16H2,1-3H3. The molecule has 2 atom stereocenters. The highest BCUT2D eigenvalue weighted by atomic mass is 15.3. The van der Waals surface area contributed by atoms with Gasteiger partial charge in [-0.25, -0.2) is 0 Å². The summed E-state index contributed by atoms with van der Waals surface area (Å²) in [4.78, 5) is 2.54. The van der Waals surface area contributed by atoms with Gasteiger partial charge in [0.05, 0.1) is 12.2 Å². The van der Waals surface area contributed by atoms with Gasteiger partial charge in [-0.1, -0.05) is 13.3 Å². The fourth-order valence-electron chi connectivity index (χ4n) is 3.09. The summed E-state index contributed by atoms with van der Waals surface area (Å²) in [5.74, 6) is 0.860. The molecule has 2 rings (SSSR count). The third-order valence-electron chi connectivity index (χ3n) is 4.21. The Morgan fingerprint density at radius 3 is 2.84 bits per heavy atom. The van der Waals surface area contributed by atoms with E-state index < -0.39 is 0 Å². The van der Waals surface area contributed by atoms with Gasteiger partial charge in [-0.15, -0.1) is 0 Å². The zero-order chi connectivity index (χ0) is 13.8. The predicted molar refractivity (Wildman–Crippen MR) is 79.0 cm³/mol. The lowest BCUT2D eigenvalue weighted by Crippen LogP contribution is -2.31. The van der Waals surface area contributed by atoms with Crippen molar-refractivity contribution in [2.75, 3.05) is 19.6 Å². The smallest absolute Gasteiger partial charge is 0.0538 e. The SMILES string of the molecule is CCCC1CCN(C(CN)c2cnn(C(C)C)c2)C1. The van der Waals surface area contributed by atoms with Crippen LogP contribution in [-0.4, -0.2) is 34.3 Å².